The van der Waals surface area contributed by atoms with Crippen molar-refractivity contribution in [3.05, 3.63) is 12.2 Å². The predicted molar refractivity (Wildman–Crippen MR) is 59.2 cm³/mol. The highest BCUT2D eigenvalue weighted by atomic mass is 16.4. The number of rotatable bonds is 7. The number of hydrogen-bond donors (Lipinski definition) is 1. The number of allylic oxidation sites excluding steroid dienone is 2. The summed E-state index contributed by atoms with van der Waals surface area (Å²) in [6.45, 7) is 6.39. The molecule has 0 radical (unpaired) electrons. The smallest absolute Gasteiger partial charge is 0.303 e. The van der Waals surface area contributed by atoms with Gasteiger partial charge in [0.25, 0.3) is 0 Å². The standard InChI is InChI=1S/C12H22O2/c1-4-10(2)7-5-6-8-11(3)9-12(13)14/h5-6,10-11H,4,7-9H2,1-3H3,(H,13,14)/b6-5+. The lowest BCUT2D eigenvalue weighted by Crippen LogP contribution is -2.02. The van der Waals surface area contributed by atoms with Crippen molar-refractivity contribution in [3.63, 3.8) is 0 Å². The number of hydrogen-bond acceptors (Lipinski definition) is 1. The van der Waals surface area contributed by atoms with Gasteiger partial charge in [-0.05, 0) is 24.7 Å². The van der Waals surface area contributed by atoms with E-state index in [0.29, 0.717) is 0 Å². The van der Waals surface area contributed by atoms with E-state index in [0.717, 1.165) is 18.8 Å². The first kappa shape index (κ1) is 13.2. The molecule has 1 N–H and O–H groups in total. The van der Waals surface area contributed by atoms with Crippen molar-refractivity contribution in [3.8, 4) is 0 Å². The molecule has 2 nitrogen and oxygen atoms in total. The maximum Gasteiger partial charge on any atom is 0.303 e. The Labute approximate surface area is 87.0 Å². The third kappa shape index (κ3) is 7.84. The summed E-state index contributed by atoms with van der Waals surface area (Å²) in [5.74, 6) is 0.287. The molecule has 2 heteroatoms. The van der Waals surface area contributed by atoms with Crippen LogP contribution in [0.5, 0.6) is 0 Å². The highest BCUT2D eigenvalue weighted by Crippen LogP contribution is 2.11. The average Bonchev–Trinajstić information content (AvgIpc) is 2.10. The lowest BCUT2D eigenvalue weighted by molar-refractivity contribution is -0.137. The number of carboxylic acid groups (broad SMARTS) is 1. The summed E-state index contributed by atoms with van der Waals surface area (Å²) in [4.78, 5) is 10.4. The first-order valence-corrected chi connectivity index (χ1v) is 5.43. The molecule has 0 saturated heterocycles. The highest BCUT2D eigenvalue weighted by molar-refractivity contribution is 5.66. The van der Waals surface area contributed by atoms with Gasteiger partial charge in [0.2, 0.25) is 0 Å². The molecule has 0 aromatic carbocycles. The van der Waals surface area contributed by atoms with Crippen LogP contribution in [0.4, 0.5) is 0 Å². The zero-order valence-corrected chi connectivity index (χ0v) is 9.49. The first-order valence-electron chi connectivity index (χ1n) is 5.43. The van der Waals surface area contributed by atoms with Gasteiger partial charge in [-0.15, -0.1) is 0 Å². The summed E-state index contributed by atoms with van der Waals surface area (Å²) < 4.78 is 0. The molecule has 0 fully saturated rings. The van der Waals surface area contributed by atoms with Crippen LogP contribution in [0.1, 0.15) is 46.5 Å². The van der Waals surface area contributed by atoms with E-state index < -0.39 is 5.97 Å². The molecule has 0 spiro atoms. The van der Waals surface area contributed by atoms with Gasteiger partial charge < -0.3 is 5.11 Å². The zero-order chi connectivity index (χ0) is 11.0. The minimum atomic E-state index is -0.701. The van der Waals surface area contributed by atoms with E-state index in [1.54, 1.807) is 0 Å². The molecule has 0 saturated carbocycles. The second-order valence-corrected chi connectivity index (χ2v) is 4.16. The van der Waals surface area contributed by atoms with Gasteiger partial charge in [-0.1, -0.05) is 39.3 Å². The summed E-state index contributed by atoms with van der Waals surface area (Å²) in [7, 11) is 0. The lowest BCUT2D eigenvalue weighted by Gasteiger charge is -2.05. The van der Waals surface area contributed by atoms with Crippen LogP contribution in [0.3, 0.4) is 0 Å². The second-order valence-electron chi connectivity index (χ2n) is 4.16. The van der Waals surface area contributed by atoms with Gasteiger partial charge in [-0.2, -0.15) is 0 Å². The van der Waals surface area contributed by atoms with Crippen molar-refractivity contribution in [2.75, 3.05) is 0 Å². The number of aliphatic carboxylic acids is 1. The molecule has 0 aliphatic heterocycles. The van der Waals surface area contributed by atoms with Gasteiger partial charge in [-0.25, -0.2) is 0 Å². The fourth-order valence-electron chi connectivity index (χ4n) is 1.21. The van der Waals surface area contributed by atoms with Crippen LogP contribution in [0.2, 0.25) is 0 Å². The monoisotopic (exact) mass is 198 g/mol. The van der Waals surface area contributed by atoms with Crippen LogP contribution >= 0.6 is 0 Å². The van der Waals surface area contributed by atoms with Crippen molar-refractivity contribution >= 4 is 5.97 Å². The van der Waals surface area contributed by atoms with Gasteiger partial charge in [0, 0.05) is 6.42 Å². The van der Waals surface area contributed by atoms with E-state index in [4.69, 9.17) is 5.11 Å². The SMILES string of the molecule is CCC(C)C/C=C/CC(C)CC(=O)O. The first-order chi connectivity index (χ1) is 6.56. The number of carboxylic acids is 1. The molecule has 14 heavy (non-hydrogen) atoms. The Balaban J connectivity index is 3.55. The third-order valence-electron chi connectivity index (χ3n) is 2.46. The molecular weight excluding hydrogens is 176 g/mol. The van der Waals surface area contributed by atoms with E-state index in [-0.39, 0.29) is 12.3 Å². The van der Waals surface area contributed by atoms with E-state index in [2.05, 4.69) is 26.0 Å². The van der Waals surface area contributed by atoms with E-state index >= 15 is 0 Å². The summed E-state index contributed by atoms with van der Waals surface area (Å²) in [5.41, 5.74) is 0. The Kier molecular flexibility index (Phi) is 7.17. The molecule has 0 aromatic heterocycles. The maximum absolute atomic E-state index is 10.4. The minimum absolute atomic E-state index is 0.251. The van der Waals surface area contributed by atoms with Crippen molar-refractivity contribution in [1.29, 1.82) is 0 Å². The van der Waals surface area contributed by atoms with Gasteiger partial charge in [-0.3, -0.25) is 4.79 Å². The topological polar surface area (TPSA) is 37.3 Å². The molecule has 0 rings (SSSR count). The Bertz CT molecular complexity index is 185. The second kappa shape index (κ2) is 7.60. The van der Waals surface area contributed by atoms with Crippen molar-refractivity contribution in [2.45, 2.75) is 46.5 Å². The summed E-state index contributed by atoms with van der Waals surface area (Å²) >= 11 is 0. The zero-order valence-electron chi connectivity index (χ0n) is 9.49. The van der Waals surface area contributed by atoms with E-state index in [9.17, 15) is 4.79 Å². The summed E-state index contributed by atoms with van der Waals surface area (Å²) in [6.07, 6.45) is 7.74. The molecule has 0 aliphatic rings. The third-order valence-corrected chi connectivity index (χ3v) is 2.46. The van der Waals surface area contributed by atoms with Crippen LogP contribution in [0.25, 0.3) is 0 Å². The molecular formula is C12H22O2. The Hall–Kier alpha value is -0.790. The van der Waals surface area contributed by atoms with Crippen molar-refractivity contribution in [1.82, 2.24) is 0 Å². The van der Waals surface area contributed by atoms with Crippen LogP contribution < -0.4 is 0 Å². The lowest BCUT2D eigenvalue weighted by atomic mass is 10.0. The normalized spacial score (nSPS) is 15.6. The molecule has 0 bridgehead atoms. The van der Waals surface area contributed by atoms with Crippen LogP contribution in [-0.4, -0.2) is 11.1 Å². The Morgan fingerprint density at radius 2 is 1.71 bits per heavy atom. The molecule has 82 valence electrons. The van der Waals surface area contributed by atoms with Crippen molar-refractivity contribution < 1.29 is 9.90 Å². The van der Waals surface area contributed by atoms with Crippen LogP contribution in [0, 0.1) is 11.8 Å². The van der Waals surface area contributed by atoms with E-state index in [1.807, 2.05) is 6.92 Å². The highest BCUT2D eigenvalue weighted by Gasteiger charge is 2.04. The average molecular weight is 198 g/mol. The minimum Gasteiger partial charge on any atom is -0.481 e. The predicted octanol–water partition coefficient (Wildman–Crippen LogP) is 3.48. The Morgan fingerprint density at radius 3 is 2.14 bits per heavy atom. The quantitative estimate of drug-likeness (QED) is 0.636. The van der Waals surface area contributed by atoms with Gasteiger partial charge >= 0.3 is 5.97 Å². The molecule has 0 heterocycles. The summed E-state index contributed by atoms with van der Waals surface area (Å²) in [6, 6.07) is 0. The molecule has 0 aromatic rings. The molecule has 0 amide bonds. The fraction of sp³-hybridized carbons (Fsp3) is 0.750. The number of carbonyl (C=O) groups is 1. The summed E-state index contributed by atoms with van der Waals surface area (Å²) in [5, 5.41) is 8.54. The van der Waals surface area contributed by atoms with Gasteiger partial charge in [0.15, 0.2) is 0 Å². The van der Waals surface area contributed by atoms with E-state index in [1.165, 1.54) is 6.42 Å². The fourth-order valence-corrected chi connectivity index (χ4v) is 1.21. The molecule has 2 atom stereocenters. The Morgan fingerprint density at radius 1 is 1.21 bits per heavy atom. The largest absolute Gasteiger partial charge is 0.481 e. The van der Waals surface area contributed by atoms with Crippen molar-refractivity contribution in [2.24, 2.45) is 11.8 Å². The van der Waals surface area contributed by atoms with Gasteiger partial charge in [0.1, 0.15) is 0 Å². The molecule has 0 aliphatic carbocycles. The van der Waals surface area contributed by atoms with Crippen LogP contribution in [0.15, 0.2) is 12.2 Å². The van der Waals surface area contributed by atoms with Crippen LogP contribution in [-0.2, 0) is 4.79 Å². The maximum atomic E-state index is 10.4. The van der Waals surface area contributed by atoms with Gasteiger partial charge in [0.05, 0.1) is 0 Å². The molecule has 2 unspecified atom stereocenters.